The van der Waals surface area contributed by atoms with E-state index >= 15 is 0 Å². The lowest BCUT2D eigenvalue weighted by Crippen LogP contribution is -2.36. The first-order valence-corrected chi connectivity index (χ1v) is 9.57. The van der Waals surface area contributed by atoms with Crippen molar-refractivity contribution >= 4 is 5.91 Å². The maximum Gasteiger partial charge on any atom is 0.260 e. The number of benzene rings is 2. The second-order valence-electron chi connectivity index (χ2n) is 7.29. The summed E-state index contributed by atoms with van der Waals surface area (Å²) in [6.45, 7) is 4.02. The molecule has 2 aromatic rings. The fraction of sp³-hybridized carbons (Fsp3) is 0.409. The predicted octanol–water partition coefficient (Wildman–Crippen LogP) is 3.19. The Balaban J connectivity index is 1.39. The summed E-state index contributed by atoms with van der Waals surface area (Å²) in [5.41, 5.74) is 2.13. The Labute approximate surface area is 155 Å². The lowest BCUT2D eigenvalue weighted by Gasteiger charge is -2.21. The highest BCUT2D eigenvalue weighted by Crippen LogP contribution is 2.30. The number of nitrogens with zero attached hydrogens (tertiary/aromatic N) is 1. The molecule has 2 aromatic carbocycles. The van der Waals surface area contributed by atoms with Gasteiger partial charge in [-0.15, -0.1) is 0 Å². The fourth-order valence-corrected chi connectivity index (χ4v) is 4.15. The average Bonchev–Trinajstić information content (AvgIpc) is 3.05. The molecule has 26 heavy (non-hydrogen) atoms. The number of likely N-dealkylation sites (tertiary alicyclic amines) is 1. The summed E-state index contributed by atoms with van der Waals surface area (Å²) in [5, 5.41) is 3.48. The number of nitrogens with one attached hydrogen (secondary N) is 1. The molecular formula is C22H26N2O2. The van der Waals surface area contributed by atoms with Crippen LogP contribution < -0.4 is 10.1 Å². The Kier molecular flexibility index (Phi) is 5.21. The maximum absolute atomic E-state index is 12.7. The van der Waals surface area contributed by atoms with E-state index in [0.29, 0.717) is 0 Å². The summed E-state index contributed by atoms with van der Waals surface area (Å²) in [6.07, 6.45) is 2.20. The van der Waals surface area contributed by atoms with Gasteiger partial charge in [0.05, 0.1) is 0 Å². The topological polar surface area (TPSA) is 41.6 Å². The number of ether oxygens (including phenoxy) is 1. The number of fused-ring (bicyclic) bond motifs is 1. The van der Waals surface area contributed by atoms with E-state index < -0.39 is 0 Å². The van der Waals surface area contributed by atoms with E-state index in [1.165, 1.54) is 0 Å². The highest BCUT2D eigenvalue weighted by Gasteiger charge is 2.31. The number of carbonyl (C=O) groups excluding carboxylic acids is 1. The fourth-order valence-electron chi connectivity index (χ4n) is 4.15. The lowest BCUT2D eigenvalue weighted by molar-refractivity contribution is -0.133. The predicted molar refractivity (Wildman–Crippen MR) is 103 cm³/mol. The lowest BCUT2D eigenvalue weighted by atomic mass is 9.92. The van der Waals surface area contributed by atoms with Gasteiger partial charge in [0.25, 0.3) is 5.91 Å². The first-order chi connectivity index (χ1) is 12.8. The van der Waals surface area contributed by atoms with Crippen molar-refractivity contribution in [2.75, 3.05) is 32.8 Å². The van der Waals surface area contributed by atoms with Gasteiger partial charge < -0.3 is 15.0 Å². The van der Waals surface area contributed by atoms with Crippen LogP contribution >= 0.6 is 0 Å². The third kappa shape index (κ3) is 3.75. The number of carbonyl (C=O) groups is 1. The van der Waals surface area contributed by atoms with Gasteiger partial charge >= 0.3 is 0 Å². The second kappa shape index (κ2) is 7.92. The van der Waals surface area contributed by atoms with Crippen LogP contribution in [-0.2, 0) is 4.79 Å². The van der Waals surface area contributed by atoms with Gasteiger partial charge in [0.2, 0.25) is 0 Å². The van der Waals surface area contributed by atoms with Crippen LogP contribution in [0.3, 0.4) is 0 Å². The average molecular weight is 350 g/mol. The smallest absolute Gasteiger partial charge is 0.260 e. The summed E-state index contributed by atoms with van der Waals surface area (Å²) in [5.74, 6) is 2.32. The Hall–Kier alpha value is -2.33. The molecule has 2 saturated heterocycles. The molecule has 2 aliphatic heterocycles. The van der Waals surface area contributed by atoms with Gasteiger partial charge in [0, 0.05) is 18.7 Å². The van der Waals surface area contributed by atoms with E-state index in [0.717, 1.165) is 67.7 Å². The Morgan fingerprint density at radius 3 is 2.35 bits per heavy atom. The van der Waals surface area contributed by atoms with Gasteiger partial charge in [0.15, 0.2) is 6.61 Å². The van der Waals surface area contributed by atoms with Crippen LogP contribution in [0.1, 0.15) is 12.8 Å². The van der Waals surface area contributed by atoms with Crippen molar-refractivity contribution in [3.05, 3.63) is 54.6 Å². The number of amides is 1. The monoisotopic (exact) mass is 350 g/mol. The van der Waals surface area contributed by atoms with Gasteiger partial charge in [0.1, 0.15) is 5.75 Å². The van der Waals surface area contributed by atoms with Crippen LogP contribution in [0.15, 0.2) is 54.6 Å². The summed E-state index contributed by atoms with van der Waals surface area (Å²) in [4.78, 5) is 14.7. The van der Waals surface area contributed by atoms with Gasteiger partial charge in [-0.05, 0) is 49.4 Å². The summed E-state index contributed by atoms with van der Waals surface area (Å²) in [6, 6.07) is 18.1. The van der Waals surface area contributed by atoms with Crippen molar-refractivity contribution in [2.24, 2.45) is 11.8 Å². The Bertz CT molecular complexity index is 733. The molecule has 0 aromatic heterocycles. The van der Waals surface area contributed by atoms with E-state index in [-0.39, 0.29) is 12.5 Å². The highest BCUT2D eigenvalue weighted by molar-refractivity contribution is 5.78. The van der Waals surface area contributed by atoms with Crippen LogP contribution in [0.25, 0.3) is 11.1 Å². The van der Waals surface area contributed by atoms with E-state index in [1.54, 1.807) is 0 Å². The van der Waals surface area contributed by atoms with Crippen molar-refractivity contribution in [3.63, 3.8) is 0 Å². The third-order valence-electron chi connectivity index (χ3n) is 5.70. The number of rotatable bonds is 4. The zero-order valence-electron chi connectivity index (χ0n) is 15.1. The molecule has 4 rings (SSSR count). The van der Waals surface area contributed by atoms with E-state index in [1.807, 2.05) is 47.4 Å². The molecule has 136 valence electrons. The van der Waals surface area contributed by atoms with Crippen LogP contribution in [0.4, 0.5) is 0 Å². The molecule has 0 bridgehead atoms. The molecule has 2 atom stereocenters. The van der Waals surface area contributed by atoms with Crippen LogP contribution in [0, 0.1) is 11.8 Å². The van der Waals surface area contributed by atoms with Crippen molar-refractivity contribution in [1.29, 1.82) is 0 Å². The molecule has 4 nitrogen and oxygen atoms in total. The normalized spacial score (nSPS) is 22.5. The Morgan fingerprint density at radius 1 is 0.962 bits per heavy atom. The number of hydrogen-bond donors (Lipinski definition) is 1. The molecule has 0 aliphatic carbocycles. The zero-order chi connectivity index (χ0) is 17.8. The molecule has 2 heterocycles. The molecule has 0 unspecified atom stereocenters. The minimum absolute atomic E-state index is 0.0980. The van der Waals surface area contributed by atoms with E-state index in [4.69, 9.17) is 4.74 Å². The minimum Gasteiger partial charge on any atom is -0.483 e. The molecule has 1 N–H and O–H groups in total. The molecular weight excluding hydrogens is 324 g/mol. The van der Waals surface area contributed by atoms with Gasteiger partial charge in [-0.1, -0.05) is 48.5 Å². The molecule has 2 fully saturated rings. The first-order valence-electron chi connectivity index (χ1n) is 9.57. The molecule has 0 spiro atoms. The Morgan fingerprint density at radius 2 is 1.62 bits per heavy atom. The molecule has 0 radical (unpaired) electrons. The van der Waals surface area contributed by atoms with Crippen molar-refractivity contribution in [3.8, 4) is 16.9 Å². The quantitative estimate of drug-likeness (QED) is 0.921. The number of para-hydroxylation sites is 1. The van der Waals surface area contributed by atoms with Gasteiger partial charge in [-0.25, -0.2) is 0 Å². The van der Waals surface area contributed by atoms with Crippen LogP contribution in [0.2, 0.25) is 0 Å². The van der Waals surface area contributed by atoms with Crippen molar-refractivity contribution in [1.82, 2.24) is 10.2 Å². The van der Waals surface area contributed by atoms with E-state index in [2.05, 4.69) is 17.4 Å². The molecule has 0 saturated carbocycles. The third-order valence-corrected chi connectivity index (χ3v) is 5.70. The zero-order valence-corrected chi connectivity index (χ0v) is 15.1. The largest absolute Gasteiger partial charge is 0.483 e. The van der Waals surface area contributed by atoms with Gasteiger partial charge in [-0.3, -0.25) is 4.79 Å². The molecule has 2 aliphatic rings. The summed E-state index contributed by atoms with van der Waals surface area (Å²) in [7, 11) is 0. The first kappa shape index (κ1) is 17.1. The van der Waals surface area contributed by atoms with Crippen LogP contribution in [0.5, 0.6) is 5.75 Å². The molecule has 4 heteroatoms. The maximum atomic E-state index is 12.7. The minimum atomic E-state index is 0.0980. The summed E-state index contributed by atoms with van der Waals surface area (Å²) >= 11 is 0. The van der Waals surface area contributed by atoms with Crippen LogP contribution in [-0.4, -0.2) is 43.6 Å². The SMILES string of the molecule is O=C(COc1ccccc1-c1ccccc1)N1CC[C@@H]2CNC[C@@H]2CC1. The molecule has 1 amide bonds. The second-order valence-corrected chi connectivity index (χ2v) is 7.29. The van der Waals surface area contributed by atoms with Crippen molar-refractivity contribution in [2.45, 2.75) is 12.8 Å². The highest BCUT2D eigenvalue weighted by atomic mass is 16.5. The van der Waals surface area contributed by atoms with E-state index in [9.17, 15) is 4.79 Å². The standard InChI is InChI=1S/C22H26N2O2/c25-22(24-12-10-18-14-23-15-19(18)11-13-24)16-26-21-9-5-4-8-20(21)17-6-2-1-3-7-17/h1-9,18-19,23H,10-16H2/t18-,19+. The summed E-state index contributed by atoms with van der Waals surface area (Å²) < 4.78 is 5.94. The van der Waals surface area contributed by atoms with Crippen molar-refractivity contribution < 1.29 is 9.53 Å². The number of hydrogen-bond acceptors (Lipinski definition) is 3. The van der Waals surface area contributed by atoms with Gasteiger partial charge in [-0.2, -0.15) is 0 Å².